The minimum absolute atomic E-state index is 0.0411. The van der Waals surface area contributed by atoms with Gasteiger partial charge in [0.1, 0.15) is 5.82 Å². The summed E-state index contributed by atoms with van der Waals surface area (Å²) in [6.45, 7) is 1.43. The maximum Gasteiger partial charge on any atom is 0.310 e. The van der Waals surface area contributed by atoms with E-state index in [0.29, 0.717) is 6.54 Å². The molecule has 2 atom stereocenters. The van der Waals surface area contributed by atoms with Gasteiger partial charge in [-0.1, -0.05) is 12.1 Å². The number of rotatable bonds is 2. The molecule has 1 aliphatic heterocycles. The van der Waals surface area contributed by atoms with E-state index in [4.69, 9.17) is 4.74 Å². The van der Waals surface area contributed by atoms with Crippen LogP contribution in [-0.4, -0.2) is 26.2 Å². The minimum Gasteiger partial charge on any atom is -0.469 e. The van der Waals surface area contributed by atoms with E-state index in [9.17, 15) is 9.18 Å². The van der Waals surface area contributed by atoms with Crippen molar-refractivity contribution in [1.29, 1.82) is 0 Å². The molecule has 0 aliphatic carbocycles. The Kier molecular flexibility index (Phi) is 3.74. The van der Waals surface area contributed by atoms with Gasteiger partial charge in [0.25, 0.3) is 0 Å². The lowest BCUT2D eigenvalue weighted by molar-refractivity contribution is -0.146. The van der Waals surface area contributed by atoms with Crippen molar-refractivity contribution in [3.05, 3.63) is 35.6 Å². The fourth-order valence-corrected chi connectivity index (χ4v) is 2.39. The summed E-state index contributed by atoms with van der Waals surface area (Å²) in [5.41, 5.74) is 0.877. The highest BCUT2D eigenvalue weighted by molar-refractivity contribution is 5.74. The van der Waals surface area contributed by atoms with Crippen LogP contribution in [-0.2, 0) is 9.53 Å². The van der Waals surface area contributed by atoms with Gasteiger partial charge in [-0.25, -0.2) is 4.39 Å². The van der Waals surface area contributed by atoms with Crippen LogP contribution < -0.4 is 5.32 Å². The van der Waals surface area contributed by atoms with E-state index >= 15 is 0 Å². The van der Waals surface area contributed by atoms with Crippen LogP contribution in [0.3, 0.4) is 0 Å². The van der Waals surface area contributed by atoms with Gasteiger partial charge in [0.15, 0.2) is 0 Å². The summed E-state index contributed by atoms with van der Waals surface area (Å²) >= 11 is 0. The molecule has 0 bridgehead atoms. The normalized spacial score (nSPS) is 24.4. The van der Waals surface area contributed by atoms with Crippen LogP contribution in [0.1, 0.15) is 17.9 Å². The monoisotopic (exact) mass is 237 g/mol. The van der Waals surface area contributed by atoms with Gasteiger partial charge in [0, 0.05) is 6.54 Å². The second-order valence-electron chi connectivity index (χ2n) is 4.28. The zero-order chi connectivity index (χ0) is 12.3. The third-order valence-electron chi connectivity index (χ3n) is 3.26. The van der Waals surface area contributed by atoms with Crippen LogP contribution in [0, 0.1) is 11.7 Å². The van der Waals surface area contributed by atoms with Crippen molar-refractivity contribution < 1.29 is 13.9 Å². The molecule has 17 heavy (non-hydrogen) atoms. The Labute approximate surface area is 100.0 Å². The molecule has 0 saturated carbocycles. The summed E-state index contributed by atoms with van der Waals surface area (Å²) in [4.78, 5) is 11.7. The number of ether oxygens (including phenoxy) is 1. The van der Waals surface area contributed by atoms with E-state index in [2.05, 4.69) is 5.32 Å². The molecule has 0 amide bonds. The molecule has 0 radical (unpaired) electrons. The molecule has 3 nitrogen and oxygen atoms in total. The highest BCUT2D eigenvalue weighted by Gasteiger charge is 2.32. The molecule has 2 rings (SSSR count). The third-order valence-corrected chi connectivity index (χ3v) is 3.26. The van der Waals surface area contributed by atoms with Gasteiger partial charge in [0.2, 0.25) is 0 Å². The maximum absolute atomic E-state index is 13.2. The molecule has 1 aliphatic rings. The Balaban J connectivity index is 2.24. The van der Waals surface area contributed by atoms with Gasteiger partial charge in [-0.2, -0.15) is 0 Å². The molecule has 1 N–H and O–H groups in total. The van der Waals surface area contributed by atoms with Gasteiger partial charge >= 0.3 is 5.97 Å². The predicted molar refractivity (Wildman–Crippen MR) is 62.1 cm³/mol. The van der Waals surface area contributed by atoms with Gasteiger partial charge in [-0.3, -0.25) is 4.79 Å². The minimum atomic E-state index is -0.260. The first-order chi connectivity index (χ1) is 8.22. The predicted octanol–water partition coefficient (Wildman–Crippen LogP) is 1.69. The molecule has 1 aromatic rings. The molecule has 0 spiro atoms. The van der Waals surface area contributed by atoms with Crippen LogP contribution in [0.2, 0.25) is 0 Å². The van der Waals surface area contributed by atoms with Gasteiger partial charge < -0.3 is 10.1 Å². The number of esters is 1. The van der Waals surface area contributed by atoms with Crippen molar-refractivity contribution in [2.45, 2.75) is 12.3 Å². The Morgan fingerprint density at radius 3 is 3.06 bits per heavy atom. The van der Waals surface area contributed by atoms with E-state index < -0.39 is 0 Å². The molecular weight excluding hydrogens is 221 g/mol. The fraction of sp³-hybridized carbons (Fsp3) is 0.462. The van der Waals surface area contributed by atoms with Crippen molar-refractivity contribution in [3.8, 4) is 0 Å². The lowest BCUT2D eigenvalue weighted by Crippen LogP contribution is -2.40. The van der Waals surface area contributed by atoms with Crippen molar-refractivity contribution in [2.75, 3.05) is 20.2 Å². The summed E-state index contributed by atoms with van der Waals surface area (Å²) in [6, 6.07) is 6.47. The van der Waals surface area contributed by atoms with Crippen molar-refractivity contribution in [3.63, 3.8) is 0 Å². The fourth-order valence-electron chi connectivity index (χ4n) is 2.39. The zero-order valence-corrected chi connectivity index (χ0v) is 9.78. The number of benzene rings is 1. The summed E-state index contributed by atoms with van der Waals surface area (Å²) in [5, 5.41) is 3.17. The Morgan fingerprint density at radius 1 is 1.53 bits per heavy atom. The highest BCUT2D eigenvalue weighted by atomic mass is 19.1. The molecule has 1 heterocycles. The number of methoxy groups -OCH3 is 1. The Bertz CT molecular complexity index is 408. The van der Waals surface area contributed by atoms with Crippen molar-refractivity contribution in [2.24, 2.45) is 5.92 Å². The van der Waals surface area contributed by atoms with Crippen LogP contribution >= 0.6 is 0 Å². The summed E-state index contributed by atoms with van der Waals surface area (Å²) in [5.74, 6) is -0.675. The Hall–Kier alpha value is -1.42. The number of carbonyl (C=O) groups excluding carboxylic acids is 1. The van der Waals surface area contributed by atoms with E-state index in [1.54, 1.807) is 6.07 Å². The molecule has 1 fully saturated rings. The zero-order valence-electron chi connectivity index (χ0n) is 9.78. The van der Waals surface area contributed by atoms with Gasteiger partial charge in [-0.05, 0) is 36.6 Å². The van der Waals surface area contributed by atoms with Crippen molar-refractivity contribution in [1.82, 2.24) is 5.32 Å². The first-order valence-electron chi connectivity index (χ1n) is 5.76. The second-order valence-corrected chi connectivity index (χ2v) is 4.28. The number of hydrogen-bond donors (Lipinski definition) is 1. The smallest absolute Gasteiger partial charge is 0.310 e. The first kappa shape index (κ1) is 12.0. The van der Waals surface area contributed by atoms with Crippen LogP contribution in [0.15, 0.2) is 24.3 Å². The SMILES string of the molecule is COC(=O)C1CNCCC1c1cccc(F)c1. The molecule has 4 heteroatoms. The summed E-state index contributed by atoms with van der Waals surface area (Å²) < 4.78 is 18.0. The third kappa shape index (κ3) is 2.64. The summed E-state index contributed by atoms with van der Waals surface area (Å²) in [6.07, 6.45) is 0.823. The molecule has 0 aromatic heterocycles. The molecule has 1 saturated heterocycles. The molecule has 92 valence electrons. The van der Waals surface area contributed by atoms with Crippen LogP contribution in [0.25, 0.3) is 0 Å². The largest absolute Gasteiger partial charge is 0.469 e. The number of piperidine rings is 1. The highest BCUT2D eigenvalue weighted by Crippen LogP contribution is 2.31. The van der Waals surface area contributed by atoms with Crippen LogP contribution in [0.5, 0.6) is 0 Å². The maximum atomic E-state index is 13.2. The molecule has 2 unspecified atom stereocenters. The standard InChI is InChI=1S/C13H16FNO2/c1-17-13(16)12-8-15-6-5-11(12)9-3-2-4-10(14)7-9/h2-4,7,11-12,15H,5-6,8H2,1H3. The quantitative estimate of drug-likeness (QED) is 0.795. The average Bonchev–Trinajstić information content (AvgIpc) is 2.38. The van der Waals surface area contributed by atoms with Gasteiger partial charge in [0.05, 0.1) is 13.0 Å². The lowest BCUT2D eigenvalue weighted by Gasteiger charge is -2.30. The number of carbonyl (C=O) groups is 1. The lowest BCUT2D eigenvalue weighted by atomic mass is 9.81. The molecular formula is C13H16FNO2. The topological polar surface area (TPSA) is 38.3 Å². The number of hydrogen-bond acceptors (Lipinski definition) is 3. The van der Waals surface area contributed by atoms with E-state index in [-0.39, 0.29) is 23.6 Å². The van der Waals surface area contributed by atoms with Crippen molar-refractivity contribution >= 4 is 5.97 Å². The van der Waals surface area contributed by atoms with E-state index in [1.165, 1.54) is 19.2 Å². The average molecular weight is 237 g/mol. The Morgan fingerprint density at radius 2 is 2.35 bits per heavy atom. The first-order valence-corrected chi connectivity index (χ1v) is 5.76. The van der Waals surface area contributed by atoms with E-state index in [0.717, 1.165) is 18.5 Å². The van der Waals surface area contributed by atoms with E-state index in [1.807, 2.05) is 6.07 Å². The number of halogens is 1. The summed E-state index contributed by atoms with van der Waals surface area (Å²) in [7, 11) is 1.39. The second kappa shape index (κ2) is 5.27. The molecule has 1 aromatic carbocycles. The van der Waals surface area contributed by atoms with Crippen LogP contribution in [0.4, 0.5) is 4.39 Å². The number of nitrogens with one attached hydrogen (secondary N) is 1. The van der Waals surface area contributed by atoms with Gasteiger partial charge in [-0.15, -0.1) is 0 Å².